The highest BCUT2D eigenvalue weighted by Crippen LogP contribution is 2.40. The van der Waals surface area contributed by atoms with Gasteiger partial charge >= 0.3 is 0 Å². The molecule has 3 heteroatoms. The molecule has 1 aliphatic rings. The predicted molar refractivity (Wildman–Crippen MR) is 88.8 cm³/mol. The topological polar surface area (TPSA) is 21.3 Å². The average molecular weight is 299 g/mol. The molecule has 1 N–H and O–H groups in total. The molecule has 1 aliphatic heterocycles. The third-order valence-electron chi connectivity index (χ3n) is 3.77. The molecular weight excluding hydrogens is 278 g/mol. The number of ether oxygens (including phenoxy) is 1. The van der Waals surface area contributed by atoms with E-state index >= 15 is 0 Å². The van der Waals surface area contributed by atoms with Crippen molar-refractivity contribution in [2.45, 2.75) is 23.2 Å². The van der Waals surface area contributed by atoms with E-state index in [1.54, 1.807) is 0 Å². The van der Waals surface area contributed by atoms with Gasteiger partial charge in [0, 0.05) is 18.0 Å². The summed E-state index contributed by atoms with van der Waals surface area (Å²) in [6.45, 7) is 4.83. The standard InChI is InChI=1S/C18H21NOS/c1-14-7-5-6-10-17(14)21-18(15-8-3-2-4-9-15)16-13-19-11-12-20-16/h2-10,16,18-19H,11-13H2,1H3/t16-,18?/m0/s1. The number of nitrogens with one attached hydrogen (secondary N) is 1. The molecule has 3 rings (SSSR count). The van der Waals surface area contributed by atoms with Gasteiger partial charge in [-0.05, 0) is 24.1 Å². The molecule has 0 saturated carbocycles. The Morgan fingerprint density at radius 3 is 2.57 bits per heavy atom. The van der Waals surface area contributed by atoms with Crippen LogP contribution in [0.5, 0.6) is 0 Å². The lowest BCUT2D eigenvalue weighted by atomic mass is 10.1. The zero-order valence-corrected chi connectivity index (χ0v) is 13.1. The van der Waals surface area contributed by atoms with Crippen LogP contribution in [0.15, 0.2) is 59.5 Å². The van der Waals surface area contributed by atoms with Gasteiger partial charge in [0.1, 0.15) is 0 Å². The summed E-state index contributed by atoms with van der Waals surface area (Å²) >= 11 is 1.91. The molecule has 1 heterocycles. The van der Waals surface area contributed by atoms with Crippen molar-refractivity contribution in [1.29, 1.82) is 0 Å². The Labute approximate surface area is 130 Å². The molecule has 21 heavy (non-hydrogen) atoms. The van der Waals surface area contributed by atoms with Crippen LogP contribution in [-0.2, 0) is 4.74 Å². The molecule has 1 saturated heterocycles. The van der Waals surface area contributed by atoms with Crippen LogP contribution >= 0.6 is 11.8 Å². The van der Waals surface area contributed by atoms with Crippen molar-refractivity contribution in [2.75, 3.05) is 19.7 Å². The Morgan fingerprint density at radius 2 is 1.86 bits per heavy atom. The summed E-state index contributed by atoms with van der Waals surface area (Å²) in [5.74, 6) is 0. The summed E-state index contributed by atoms with van der Waals surface area (Å²) in [6.07, 6.45) is 0.214. The smallest absolute Gasteiger partial charge is 0.0862 e. The maximum absolute atomic E-state index is 6.02. The lowest BCUT2D eigenvalue weighted by Gasteiger charge is -2.31. The second-order valence-corrected chi connectivity index (χ2v) is 6.51. The highest BCUT2D eigenvalue weighted by molar-refractivity contribution is 7.99. The van der Waals surface area contributed by atoms with E-state index < -0.39 is 0 Å². The van der Waals surface area contributed by atoms with Crippen LogP contribution in [0.1, 0.15) is 16.4 Å². The first-order chi connectivity index (χ1) is 10.3. The minimum Gasteiger partial charge on any atom is -0.374 e. The van der Waals surface area contributed by atoms with Crippen LogP contribution in [0.4, 0.5) is 0 Å². The number of hydrogen-bond acceptors (Lipinski definition) is 3. The van der Waals surface area contributed by atoms with Crippen LogP contribution in [0.3, 0.4) is 0 Å². The molecule has 0 radical (unpaired) electrons. The monoisotopic (exact) mass is 299 g/mol. The lowest BCUT2D eigenvalue weighted by molar-refractivity contribution is 0.0273. The SMILES string of the molecule is Cc1ccccc1SC(c1ccccc1)[C@@H]1CNCCO1. The van der Waals surface area contributed by atoms with Crippen LogP contribution < -0.4 is 5.32 Å². The van der Waals surface area contributed by atoms with Gasteiger partial charge in [-0.25, -0.2) is 0 Å². The maximum Gasteiger partial charge on any atom is 0.0862 e. The Balaban J connectivity index is 1.87. The zero-order chi connectivity index (χ0) is 14.5. The number of morpholine rings is 1. The van der Waals surface area contributed by atoms with Crippen LogP contribution in [0.25, 0.3) is 0 Å². The molecule has 2 aromatic carbocycles. The number of aryl methyl sites for hydroxylation is 1. The van der Waals surface area contributed by atoms with Gasteiger partial charge in [-0.1, -0.05) is 48.5 Å². The highest BCUT2D eigenvalue weighted by atomic mass is 32.2. The fourth-order valence-electron chi connectivity index (χ4n) is 2.61. The fraction of sp³-hybridized carbons (Fsp3) is 0.333. The summed E-state index contributed by atoms with van der Waals surface area (Å²) < 4.78 is 6.02. The number of benzene rings is 2. The molecule has 0 spiro atoms. The number of hydrogen-bond donors (Lipinski definition) is 1. The fourth-order valence-corrected chi connectivity index (χ4v) is 3.91. The molecule has 2 atom stereocenters. The van der Waals surface area contributed by atoms with Gasteiger partial charge in [0.15, 0.2) is 0 Å². The van der Waals surface area contributed by atoms with Gasteiger partial charge in [0.2, 0.25) is 0 Å². The first-order valence-electron chi connectivity index (χ1n) is 7.44. The van der Waals surface area contributed by atoms with Crippen LogP contribution in [0.2, 0.25) is 0 Å². The number of rotatable bonds is 4. The second-order valence-electron chi connectivity index (χ2n) is 5.33. The third-order valence-corrected chi connectivity index (χ3v) is 5.31. The molecule has 2 aromatic rings. The zero-order valence-electron chi connectivity index (χ0n) is 12.3. The summed E-state index contributed by atoms with van der Waals surface area (Å²) in [6, 6.07) is 19.3. The molecule has 1 unspecified atom stereocenters. The van der Waals surface area contributed by atoms with E-state index in [2.05, 4.69) is 66.8 Å². The van der Waals surface area contributed by atoms with Gasteiger partial charge in [0.05, 0.1) is 18.0 Å². The van der Waals surface area contributed by atoms with Gasteiger partial charge in [-0.15, -0.1) is 11.8 Å². The van der Waals surface area contributed by atoms with E-state index in [0.29, 0.717) is 5.25 Å². The maximum atomic E-state index is 6.02. The minimum atomic E-state index is 0.214. The van der Waals surface area contributed by atoms with Gasteiger partial charge < -0.3 is 10.1 Å². The minimum absolute atomic E-state index is 0.214. The Bertz CT molecular complexity index is 566. The van der Waals surface area contributed by atoms with Crippen LogP contribution in [-0.4, -0.2) is 25.8 Å². The van der Waals surface area contributed by atoms with Crippen molar-refractivity contribution in [3.63, 3.8) is 0 Å². The molecule has 0 aromatic heterocycles. The summed E-state index contributed by atoms with van der Waals surface area (Å²) in [5, 5.41) is 3.77. The summed E-state index contributed by atoms with van der Waals surface area (Å²) in [4.78, 5) is 1.33. The molecule has 110 valence electrons. The van der Waals surface area contributed by atoms with Gasteiger partial charge in [0.25, 0.3) is 0 Å². The molecule has 0 bridgehead atoms. The van der Waals surface area contributed by atoms with E-state index in [0.717, 1.165) is 19.7 Å². The van der Waals surface area contributed by atoms with Crippen molar-refractivity contribution in [1.82, 2.24) is 5.32 Å². The van der Waals surface area contributed by atoms with E-state index in [9.17, 15) is 0 Å². The van der Waals surface area contributed by atoms with E-state index in [1.165, 1.54) is 16.0 Å². The van der Waals surface area contributed by atoms with Gasteiger partial charge in [-0.2, -0.15) is 0 Å². The van der Waals surface area contributed by atoms with E-state index in [1.807, 2.05) is 11.8 Å². The second kappa shape index (κ2) is 7.12. The largest absolute Gasteiger partial charge is 0.374 e. The average Bonchev–Trinajstić information content (AvgIpc) is 2.56. The molecular formula is C18H21NOS. The summed E-state index contributed by atoms with van der Waals surface area (Å²) in [5.41, 5.74) is 2.66. The Morgan fingerprint density at radius 1 is 1.10 bits per heavy atom. The predicted octanol–water partition coefficient (Wildman–Crippen LogP) is 3.82. The Hall–Kier alpha value is -1.29. The first kappa shape index (κ1) is 14.6. The van der Waals surface area contributed by atoms with Crippen molar-refractivity contribution < 1.29 is 4.74 Å². The molecule has 0 amide bonds. The van der Waals surface area contributed by atoms with Crippen molar-refractivity contribution in [3.8, 4) is 0 Å². The third kappa shape index (κ3) is 3.67. The van der Waals surface area contributed by atoms with E-state index in [4.69, 9.17) is 4.74 Å². The molecule has 0 aliphatic carbocycles. The van der Waals surface area contributed by atoms with Crippen molar-refractivity contribution in [2.24, 2.45) is 0 Å². The normalized spacial score (nSPS) is 20.1. The van der Waals surface area contributed by atoms with Crippen molar-refractivity contribution in [3.05, 3.63) is 65.7 Å². The lowest BCUT2D eigenvalue weighted by Crippen LogP contribution is -2.41. The number of thioether (sulfide) groups is 1. The van der Waals surface area contributed by atoms with E-state index in [-0.39, 0.29) is 6.10 Å². The molecule has 2 nitrogen and oxygen atoms in total. The first-order valence-corrected chi connectivity index (χ1v) is 8.32. The highest BCUT2D eigenvalue weighted by Gasteiger charge is 2.27. The summed E-state index contributed by atoms with van der Waals surface area (Å²) in [7, 11) is 0. The van der Waals surface area contributed by atoms with Gasteiger partial charge in [-0.3, -0.25) is 0 Å². The van der Waals surface area contributed by atoms with Crippen LogP contribution in [0, 0.1) is 6.92 Å². The van der Waals surface area contributed by atoms with Crippen molar-refractivity contribution >= 4 is 11.8 Å². The quantitative estimate of drug-likeness (QED) is 0.867. The Kier molecular flexibility index (Phi) is 4.96. The molecule has 1 fully saturated rings.